The molecule has 2 aromatic rings. The molecule has 1 aromatic heterocycles. The highest BCUT2D eigenvalue weighted by atomic mass is 16.4. The van der Waals surface area contributed by atoms with Crippen LogP contribution in [-0.4, -0.2) is 75.6 Å². The molecule has 1 heterocycles. The molecule has 220 valence electrons. The molecule has 0 spiro atoms. The number of amides is 3. The van der Waals surface area contributed by atoms with Gasteiger partial charge in [0, 0.05) is 29.9 Å². The van der Waals surface area contributed by atoms with E-state index in [0.717, 1.165) is 10.9 Å². The van der Waals surface area contributed by atoms with E-state index in [9.17, 15) is 34.2 Å². The van der Waals surface area contributed by atoms with Gasteiger partial charge in [0.25, 0.3) is 0 Å². The Morgan fingerprint density at radius 1 is 0.875 bits per heavy atom. The molecule has 4 atom stereocenters. The molecule has 3 amide bonds. The fourth-order valence-corrected chi connectivity index (χ4v) is 4.13. The number of nitrogens with one attached hydrogen (secondary N) is 4. The number of aliphatic carboxylic acids is 2. The van der Waals surface area contributed by atoms with Crippen LogP contribution in [0.4, 0.5) is 0 Å². The van der Waals surface area contributed by atoms with E-state index >= 15 is 0 Å². The fourth-order valence-electron chi connectivity index (χ4n) is 4.13. The molecule has 0 bridgehead atoms. The van der Waals surface area contributed by atoms with Gasteiger partial charge in [-0.15, -0.1) is 0 Å². The van der Waals surface area contributed by atoms with E-state index in [-0.39, 0.29) is 25.2 Å². The molecule has 0 aliphatic heterocycles. The Morgan fingerprint density at radius 2 is 1.48 bits per heavy atom. The van der Waals surface area contributed by atoms with Crippen molar-refractivity contribution in [3.05, 3.63) is 36.0 Å². The van der Waals surface area contributed by atoms with Crippen LogP contribution < -0.4 is 27.4 Å². The van der Waals surface area contributed by atoms with Crippen LogP contribution in [0.25, 0.3) is 10.9 Å². The zero-order valence-corrected chi connectivity index (χ0v) is 22.8. The number of nitrogens with two attached hydrogens (primary N) is 2. The summed E-state index contributed by atoms with van der Waals surface area (Å²) in [6.07, 6.45) is 2.17. The first kappa shape index (κ1) is 32.2. The summed E-state index contributed by atoms with van der Waals surface area (Å²) < 4.78 is 0. The number of hydrogen-bond donors (Lipinski definition) is 8. The van der Waals surface area contributed by atoms with Crippen molar-refractivity contribution in [3.63, 3.8) is 0 Å². The highest BCUT2D eigenvalue weighted by Crippen LogP contribution is 2.19. The molecular weight excluding hydrogens is 520 g/mol. The summed E-state index contributed by atoms with van der Waals surface area (Å²) in [4.78, 5) is 65.3. The normalized spacial score (nSPS) is 14.2. The van der Waals surface area contributed by atoms with E-state index in [0.29, 0.717) is 24.9 Å². The summed E-state index contributed by atoms with van der Waals surface area (Å²) in [7, 11) is 0. The minimum Gasteiger partial charge on any atom is -0.481 e. The highest BCUT2D eigenvalue weighted by molar-refractivity contribution is 5.94. The van der Waals surface area contributed by atoms with Crippen LogP contribution in [-0.2, 0) is 30.4 Å². The molecule has 2 rings (SSSR count). The molecule has 40 heavy (non-hydrogen) atoms. The summed E-state index contributed by atoms with van der Waals surface area (Å²) in [5, 5.41) is 27.3. The first-order valence-corrected chi connectivity index (χ1v) is 13.3. The highest BCUT2D eigenvalue weighted by Gasteiger charge is 2.31. The molecule has 0 aliphatic rings. The van der Waals surface area contributed by atoms with Crippen LogP contribution in [0.5, 0.6) is 0 Å². The summed E-state index contributed by atoms with van der Waals surface area (Å²) in [5.41, 5.74) is 12.9. The standard InChI is InChI=1S/C27H40N6O7/c1-15(2)23(29)26(38)32-19(9-5-6-12-28)24(36)31-20(10-11-22(34)35)25(37)33-21(27(39)40)13-16-14-30-18-8-4-3-7-17(16)18/h3-4,7-8,14-15,19-21,23,30H,5-6,9-13,28-29H2,1-2H3,(H,31,36)(H,32,38)(H,33,37)(H,34,35)(H,39,40). The van der Waals surface area contributed by atoms with Crippen LogP contribution in [0, 0.1) is 5.92 Å². The van der Waals surface area contributed by atoms with Gasteiger partial charge in [-0.2, -0.15) is 0 Å². The summed E-state index contributed by atoms with van der Waals surface area (Å²) >= 11 is 0. The molecule has 13 heteroatoms. The van der Waals surface area contributed by atoms with Crippen LogP contribution in [0.3, 0.4) is 0 Å². The Balaban J connectivity index is 2.20. The van der Waals surface area contributed by atoms with Crippen LogP contribution >= 0.6 is 0 Å². The maximum atomic E-state index is 13.2. The van der Waals surface area contributed by atoms with Crippen LogP contribution in [0.15, 0.2) is 30.5 Å². The minimum absolute atomic E-state index is 0.0461. The van der Waals surface area contributed by atoms with Gasteiger partial charge in [-0.1, -0.05) is 32.0 Å². The molecule has 0 saturated carbocycles. The number of H-pyrrole nitrogens is 1. The molecule has 1 aromatic carbocycles. The number of rotatable bonds is 17. The number of fused-ring (bicyclic) bond motifs is 1. The number of carboxylic acids is 2. The van der Waals surface area contributed by atoms with E-state index in [1.165, 1.54) is 0 Å². The predicted molar refractivity (Wildman–Crippen MR) is 148 cm³/mol. The lowest BCUT2D eigenvalue weighted by atomic mass is 10.0. The third-order valence-corrected chi connectivity index (χ3v) is 6.59. The van der Waals surface area contributed by atoms with Gasteiger partial charge in [0.05, 0.1) is 6.04 Å². The molecule has 0 radical (unpaired) electrons. The Labute approximate surface area is 232 Å². The lowest BCUT2D eigenvalue weighted by molar-refractivity contribution is -0.143. The van der Waals surface area contributed by atoms with E-state index in [4.69, 9.17) is 11.5 Å². The number of aromatic nitrogens is 1. The average molecular weight is 561 g/mol. The molecule has 0 aliphatic carbocycles. The Hall–Kier alpha value is -3.97. The molecule has 10 N–H and O–H groups in total. The molecular formula is C27H40N6O7. The van der Waals surface area contributed by atoms with Crippen molar-refractivity contribution >= 4 is 40.6 Å². The van der Waals surface area contributed by atoms with Crippen molar-refractivity contribution in [2.24, 2.45) is 17.4 Å². The summed E-state index contributed by atoms with van der Waals surface area (Å²) in [5.74, 6) is -4.79. The average Bonchev–Trinajstić information content (AvgIpc) is 3.31. The van der Waals surface area contributed by atoms with Crippen molar-refractivity contribution < 1.29 is 34.2 Å². The maximum Gasteiger partial charge on any atom is 0.326 e. The maximum absolute atomic E-state index is 13.2. The second-order valence-electron chi connectivity index (χ2n) is 10.1. The fraction of sp³-hybridized carbons (Fsp3) is 0.519. The van der Waals surface area contributed by atoms with Crippen molar-refractivity contribution in [2.45, 2.75) is 76.5 Å². The van der Waals surface area contributed by atoms with Crippen LogP contribution in [0.2, 0.25) is 0 Å². The van der Waals surface area contributed by atoms with Gasteiger partial charge in [0.15, 0.2) is 0 Å². The third kappa shape index (κ3) is 9.65. The quantitative estimate of drug-likeness (QED) is 0.124. The predicted octanol–water partition coefficient (Wildman–Crippen LogP) is 0.227. The van der Waals surface area contributed by atoms with Crippen molar-refractivity contribution in [1.82, 2.24) is 20.9 Å². The zero-order chi connectivity index (χ0) is 29.8. The topological polar surface area (TPSA) is 230 Å². The molecule has 0 saturated heterocycles. The van der Waals surface area contributed by atoms with Crippen LogP contribution in [0.1, 0.15) is 51.5 Å². The molecule has 0 fully saturated rings. The second-order valence-corrected chi connectivity index (χ2v) is 10.1. The van der Waals surface area contributed by atoms with E-state index in [1.807, 2.05) is 24.3 Å². The number of benzene rings is 1. The Morgan fingerprint density at radius 3 is 2.08 bits per heavy atom. The number of carboxylic acid groups (broad SMARTS) is 2. The van der Waals surface area contributed by atoms with E-state index in [1.54, 1.807) is 20.0 Å². The number of unbranched alkanes of at least 4 members (excludes halogenated alkanes) is 1. The van der Waals surface area contributed by atoms with Gasteiger partial charge in [-0.3, -0.25) is 19.2 Å². The Bertz CT molecular complexity index is 1180. The molecule has 4 unspecified atom stereocenters. The first-order valence-electron chi connectivity index (χ1n) is 13.3. The smallest absolute Gasteiger partial charge is 0.326 e. The van der Waals surface area contributed by atoms with Gasteiger partial charge in [0.1, 0.15) is 18.1 Å². The summed E-state index contributed by atoms with van der Waals surface area (Å²) in [6.45, 7) is 3.90. The van der Waals surface area contributed by atoms with Crippen molar-refractivity contribution in [3.8, 4) is 0 Å². The van der Waals surface area contributed by atoms with Gasteiger partial charge in [-0.25, -0.2) is 4.79 Å². The lowest BCUT2D eigenvalue weighted by Gasteiger charge is -2.25. The van der Waals surface area contributed by atoms with Gasteiger partial charge >= 0.3 is 11.9 Å². The monoisotopic (exact) mass is 560 g/mol. The second kappa shape index (κ2) is 15.6. The Kier molecular flexibility index (Phi) is 12.6. The first-order chi connectivity index (χ1) is 18.9. The number of aromatic amines is 1. The van der Waals surface area contributed by atoms with E-state index < -0.39 is 60.2 Å². The van der Waals surface area contributed by atoms with Gasteiger partial charge in [0.2, 0.25) is 17.7 Å². The van der Waals surface area contributed by atoms with Gasteiger partial charge in [-0.05, 0) is 49.8 Å². The molecule has 13 nitrogen and oxygen atoms in total. The number of carbonyl (C=O) groups is 5. The van der Waals surface area contributed by atoms with Gasteiger partial charge < -0.3 is 42.6 Å². The SMILES string of the molecule is CC(C)C(N)C(=O)NC(CCCCN)C(=O)NC(CCC(=O)O)C(=O)NC(Cc1c[nH]c2ccccc12)C(=O)O. The number of hydrogen-bond acceptors (Lipinski definition) is 7. The zero-order valence-electron chi connectivity index (χ0n) is 22.8. The van der Waals surface area contributed by atoms with Crippen molar-refractivity contribution in [1.29, 1.82) is 0 Å². The number of carbonyl (C=O) groups excluding carboxylic acids is 3. The lowest BCUT2D eigenvalue weighted by Crippen LogP contribution is -2.57. The third-order valence-electron chi connectivity index (χ3n) is 6.59. The van der Waals surface area contributed by atoms with E-state index in [2.05, 4.69) is 20.9 Å². The summed E-state index contributed by atoms with van der Waals surface area (Å²) in [6, 6.07) is 2.67. The number of para-hydroxylation sites is 1. The largest absolute Gasteiger partial charge is 0.481 e. The minimum atomic E-state index is -1.36. The van der Waals surface area contributed by atoms with Crippen molar-refractivity contribution in [2.75, 3.05) is 6.54 Å².